The van der Waals surface area contributed by atoms with Crippen molar-refractivity contribution in [2.24, 2.45) is 0 Å². The van der Waals surface area contributed by atoms with E-state index in [1.807, 2.05) is 18.2 Å². The predicted octanol–water partition coefficient (Wildman–Crippen LogP) is 1.95. The van der Waals surface area contributed by atoms with Crippen molar-refractivity contribution in [2.45, 2.75) is 12.8 Å². The summed E-state index contributed by atoms with van der Waals surface area (Å²) in [7, 11) is 0. The quantitative estimate of drug-likeness (QED) is 0.540. The number of benzene rings is 1. The number of rotatable bonds is 5. The normalized spacial score (nSPS) is 10.6. The Morgan fingerprint density at radius 2 is 2.03 bits per heavy atom. The van der Waals surface area contributed by atoms with E-state index in [-0.39, 0.29) is 41.4 Å². The maximum Gasteiger partial charge on any atom is 0.270 e. The maximum atomic E-state index is 12.5. The summed E-state index contributed by atoms with van der Waals surface area (Å²) in [6.45, 7) is 0. The van der Waals surface area contributed by atoms with Gasteiger partial charge in [-0.1, -0.05) is 18.2 Å². The van der Waals surface area contributed by atoms with Crippen molar-refractivity contribution in [3.63, 3.8) is 0 Å². The van der Waals surface area contributed by atoms with Gasteiger partial charge in [0.05, 0.1) is 17.2 Å². The van der Waals surface area contributed by atoms with Crippen LogP contribution < -0.4 is 10.9 Å². The average Bonchev–Trinajstić information content (AvgIpc) is 3.15. The number of aromatic nitrogens is 5. The van der Waals surface area contributed by atoms with Crippen molar-refractivity contribution < 1.29 is 4.79 Å². The van der Waals surface area contributed by atoms with E-state index in [4.69, 9.17) is 0 Å². The number of nitrogens with zero attached hydrogens (tertiary/aromatic N) is 5. The number of aryl methyl sites for hydroxylation is 1. The topological polar surface area (TPSA) is 129 Å². The molecule has 0 spiro atoms. The number of hydrogen-bond donors (Lipinski definition) is 2. The third kappa shape index (κ3) is 3.72. The summed E-state index contributed by atoms with van der Waals surface area (Å²) >= 11 is 0. The monoisotopic (exact) mass is 385 g/mol. The molecule has 1 amide bonds. The van der Waals surface area contributed by atoms with Crippen LogP contribution in [0.2, 0.25) is 0 Å². The van der Waals surface area contributed by atoms with Gasteiger partial charge in [0.2, 0.25) is 5.91 Å². The highest BCUT2D eigenvalue weighted by atomic mass is 16.1. The molecular weight excluding hydrogens is 370 g/mol. The molecule has 9 nitrogen and oxygen atoms in total. The first-order valence-corrected chi connectivity index (χ1v) is 8.83. The average molecular weight is 385 g/mol. The van der Waals surface area contributed by atoms with Crippen LogP contribution in [0, 0.1) is 11.3 Å². The Kier molecular flexibility index (Phi) is 4.82. The molecule has 0 unspecified atom stereocenters. The van der Waals surface area contributed by atoms with Gasteiger partial charge in [-0.2, -0.15) is 15.0 Å². The van der Waals surface area contributed by atoms with Crippen molar-refractivity contribution in [3.8, 4) is 11.9 Å². The molecule has 1 aromatic carbocycles. The number of pyridine rings is 1. The van der Waals surface area contributed by atoms with Crippen molar-refractivity contribution in [3.05, 3.63) is 76.5 Å². The molecule has 0 aliphatic rings. The zero-order valence-corrected chi connectivity index (χ0v) is 15.2. The number of H-pyrrole nitrogens is 1. The van der Waals surface area contributed by atoms with Crippen molar-refractivity contribution in [1.82, 2.24) is 24.7 Å². The molecule has 29 heavy (non-hydrogen) atoms. The van der Waals surface area contributed by atoms with Crippen LogP contribution in [0.25, 0.3) is 16.9 Å². The Balaban J connectivity index is 1.53. The highest BCUT2D eigenvalue weighted by Gasteiger charge is 2.16. The fourth-order valence-electron chi connectivity index (χ4n) is 2.87. The fourth-order valence-corrected chi connectivity index (χ4v) is 2.87. The number of para-hydroxylation sites is 2. The van der Waals surface area contributed by atoms with Crippen molar-refractivity contribution in [1.29, 1.82) is 5.26 Å². The van der Waals surface area contributed by atoms with Gasteiger partial charge in [-0.05, 0) is 24.3 Å². The van der Waals surface area contributed by atoms with E-state index in [0.29, 0.717) is 16.9 Å². The molecule has 3 aromatic heterocycles. The van der Waals surface area contributed by atoms with Crippen LogP contribution in [-0.4, -0.2) is 30.6 Å². The number of nitriles is 1. The zero-order valence-electron chi connectivity index (χ0n) is 15.2. The van der Waals surface area contributed by atoms with Crippen LogP contribution in [0.15, 0.2) is 59.7 Å². The van der Waals surface area contributed by atoms with Gasteiger partial charge in [0.1, 0.15) is 17.3 Å². The van der Waals surface area contributed by atoms with Crippen molar-refractivity contribution in [2.75, 3.05) is 5.32 Å². The molecule has 142 valence electrons. The lowest BCUT2D eigenvalue weighted by atomic mass is 10.2. The van der Waals surface area contributed by atoms with Crippen LogP contribution in [0.3, 0.4) is 0 Å². The summed E-state index contributed by atoms with van der Waals surface area (Å²) in [5, 5.41) is 16.1. The standard InChI is InChI=1S/C20H15N7O2/c21-11-13-12-23-27(17-7-3-4-10-22-17)19(13)26-18(28)9-8-16-20(29)25-15-6-2-1-5-14(15)24-16/h1-7,10,12H,8-9H2,(H,25,29)(H,26,28). The molecule has 2 N–H and O–H groups in total. The van der Waals surface area contributed by atoms with Gasteiger partial charge in [-0.25, -0.2) is 9.97 Å². The number of carbonyl (C=O) groups is 1. The van der Waals surface area contributed by atoms with Crippen molar-refractivity contribution >= 4 is 22.8 Å². The maximum absolute atomic E-state index is 12.5. The smallest absolute Gasteiger partial charge is 0.270 e. The van der Waals surface area contributed by atoms with E-state index in [0.717, 1.165) is 0 Å². The van der Waals surface area contributed by atoms with Crippen LogP contribution in [-0.2, 0) is 11.2 Å². The summed E-state index contributed by atoms with van der Waals surface area (Å²) in [5.41, 5.74) is 1.46. The predicted molar refractivity (Wildman–Crippen MR) is 105 cm³/mol. The number of nitrogens with one attached hydrogen (secondary N) is 2. The minimum absolute atomic E-state index is 0.0205. The van der Waals surface area contributed by atoms with Crippen LogP contribution >= 0.6 is 0 Å². The number of amides is 1. The third-order valence-corrected chi connectivity index (χ3v) is 4.27. The Hall–Kier alpha value is -4.32. The molecule has 0 fully saturated rings. The first-order valence-electron chi connectivity index (χ1n) is 8.83. The summed E-state index contributed by atoms with van der Waals surface area (Å²) in [6.07, 6.45) is 3.13. The minimum Gasteiger partial charge on any atom is -0.319 e. The van der Waals surface area contributed by atoms with E-state index in [1.165, 1.54) is 10.9 Å². The number of carbonyl (C=O) groups excluding carboxylic acids is 1. The largest absolute Gasteiger partial charge is 0.319 e. The highest BCUT2D eigenvalue weighted by molar-refractivity contribution is 5.91. The first kappa shape index (κ1) is 18.1. The lowest BCUT2D eigenvalue weighted by Gasteiger charge is -2.09. The molecule has 3 heterocycles. The summed E-state index contributed by atoms with van der Waals surface area (Å²) in [6, 6.07) is 14.4. The Morgan fingerprint density at radius 1 is 1.21 bits per heavy atom. The van der Waals surface area contributed by atoms with Gasteiger partial charge >= 0.3 is 0 Å². The molecular formula is C20H15N7O2. The van der Waals surface area contributed by atoms with E-state index in [2.05, 4.69) is 25.4 Å². The SMILES string of the molecule is N#Cc1cnn(-c2ccccn2)c1NC(=O)CCc1nc2ccccc2[nH]c1=O. The van der Waals surface area contributed by atoms with Gasteiger partial charge in [0, 0.05) is 19.0 Å². The van der Waals surface area contributed by atoms with Gasteiger partial charge in [-0.3, -0.25) is 9.59 Å². The fraction of sp³-hybridized carbons (Fsp3) is 0.100. The number of aromatic amines is 1. The summed E-state index contributed by atoms with van der Waals surface area (Å²) < 4.78 is 1.39. The highest BCUT2D eigenvalue weighted by Crippen LogP contribution is 2.18. The lowest BCUT2D eigenvalue weighted by Crippen LogP contribution is -2.20. The molecule has 4 rings (SSSR count). The molecule has 0 radical (unpaired) electrons. The molecule has 0 saturated heterocycles. The Bertz CT molecular complexity index is 1290. The summed E-state index contributed by atoms with van der Waals surface area (Å²) in [5.74, 6) is 0.335. The number of hydrogen-bond acceptors (Lipinski definition) is 6. The zero-order chi connectivity index (χ0) is 20.2. The van der Waals surface area contributed by atoms with Crippen LogP contribution in [0.5, 0.6) is 0 Å². The lowest BCUT2D eigenvalue weighted by molar-refractivity contribution is -0.116. The van der Waals surface area contributed by atoms with Crippen LogP contribution in [0.4, 0.5) is 5.82 Å². The number of fused-ring (bicyclic) bond motifs is 1. The minimum atomic E-state index is -0.367. The number of anilines is 1. The second-order valence-corrected chi connectivity index (χ2v) is 6.20. The third-order valence-electron chi connectivity index (χ3n) is 4.27. The van der Waals surface area contributed by atoms with E-state index >= 15 is 0 Å². The summed E-state index contributed by atoms with van der Waals surface area (Å²) in [4.78, 5) is 36.0. The van der Waals surface area contributed by atoms with E-state index < -0.39 is 0 Å². The molecule has 0 bridgehead atoms. The van der Waals surface area contributed by atoms with Gasteiger partial charge in [0.15, 0.2) is 11.6 Å². The first-order chi connectivity index (χ1) is 14.2. The Morgan fingerprint density at radius 3 is 2.83 bits per heavy atom. The van der Waals surface area contributed by atoms with Gasteiger partial charge < -0.3 is 10.3 Å². The molecule has 0 saturated carbocycles. The second kappa shape index (κ2) is 7.74. The Labute approximate surface area is 164 Å². The molecule has 0 aliphatic carbocycles. The molecule has 0 atom stereocenters. The molecule has 0 aliphatic heterocycles. The van der Waals surface area contributed by atoms with Gasteiger partial charge in [-0.15, -0.1) is 0 Å². The van der Waals surface area contributed by atoms with Gasteiger partial charge in [0.25, 0.3) is 5.56 Å². The molecule has 4 aromatic rings. The molecule has 9 heteroatoms. The second-order valence-electron chi connectivity index (χ2n) is 6.20. The van der Waals surface area contributed by atoms with E-state index in [1.54, 1.807) is 36.5 Å². The van der Waals surface area contributed by atoms with E-state index in [9.17, 15) is 14.9 Å². The van der Waals surface area contributed by atoms with Crippen LogP contribution in [0.1, 0.15) is 17.7 Å².